The zero-order valence-corrected chi connectivity index (χ0v) is 18.0. The third-order valence-electron chi connectivity index (χ3n) is 4.03. The Morgan fingerprint density at radius 3 is 2.50 bits per heavy atom. The van der Waals surface area contributed by atoms with Crippen LogP contribution in [-0.2, 0) is 6.61 Å². The monoisotopic (exact) mass is 444 g/mol. The number of thiocarbonyl (C=S) groups is 1. The molecular weight excluding hydrogens is 424 g/mol. The third kappa shape index (κ3) is 5.60. The summed E-state index contributed by atoms with van der Waals surface area (Å²) >= 11 is 11.6. The fourth-order valence-electron chi connectivity index (χ4n) is 2.70. The first-order valence-electron chi connectivity index (χ1n) is 9.24. The molecule has 156 valence electrons. The van der Waals surface area contributed by atoms with Gasteiger partial charge < -0.3 is 19.6 Å². The Hall–Kier alpha value is -2.87. The highest BCUT2D eigenvalue weighted by atomic mass is 35.5. The van der Waals surface area contributed by atoms with Crippen molar-refractivity contribution >= 4 is 40.5 Å². The van der Waals surface area contributed by atoms with Gasteiger partial charge in [-0.2, -0.15) is 0 Å². The minimum Gasteiger partial charge on any atom is -0.491 e. The highest BCUT2D eigenvalue weighted by Gasteiger charge is 2.12. The molecule has 0 atom stereocenters. The van der Waals surface area contributed by atoms with Crippen molar-refractivity contribution in [3.63, 3.8) is 0 Å². The fourth-order valence-corrected chi connectivity index (χ4v) is 3.18. The molecule has 0 aliphatic heterocycles. The summed E-state index contributed by atoms with van der Waals surface area (Å²) in [6.45, 7) is 3.69. The molecule has 6 nitrogen and oxygen atoms in total. The van der Waals surface area contributed by atoms with Crippen LogP contribution in [0.15, 0.2) is 59.0 Å². The van der Waals surface area contributed by atoms with Gasteiger partial charge >= 0.3 is 0 Å². The molecule has 1 heterocycles. The molecule has 1 amide bonds. The zero-order chi connectivity index (χ0) is 21.7. The number of nitrogens with one attached hydrogen (secondary N) is 2. The molecular formula is C22H21ClN2O4S. The summed E-state index contributed by atoms with van der Waals surface area (Å²) in [5.41, 5.74) is 1.75. The molecule has 3 rings (SSSR count). The van der Waals surface area contributed by atoms with Crippen molar-refractivity contribution in [1.82, 2.24) is 5.32 Å². The van der Waals surface area contributed by atoms with E-state index in [2.05, 4.69) is 10.6 Å². The first-order chi connectivity index (χ1) is 14.4. The van der Waals surface area contributed by atoms with E-state index in [1.807, 2.05) is 13.8 Å². The van der Waals surface area contributed by atoms with Crippen molar-refractivity contribution in [3.8, 4) is 17.1 Å². The highest BCUT2D eigenvalue weighted by Crippen LogP contribution is 2.31. The van der Waals surface area contributed by atoms with Crippen LogP contribution >= 0.6 is 23.8 Å². The van der Waals surface area contributed by atoms with E-state index in [1.165, 1.54) is 0 Å². The molecule has 0 unspecified atom stereocenters. The van der Waals surface area contributed by atoms with Crippen LogP contribution in [0.2, 0.25) is 5.02 Å². The number of amides is 1. The minimum atomic E-state index is -0.335. The minimum absolute atomic E-state index is 0.0594. The van der Waals surface area contributed by atoms with Gasteiger partial charge in [-0.3, -0.25) is 10.1 Å². The summed E-state index contributed by atoms with van der Waals surface area (Å²) < 4.78 is 11.1. The number of hydrogen-bond donors (Lipinski definition) is 3. The molecule has 0 aliphatic carbocycles. The van der Waals surface area contributed by atoms with Crippen LogP contribution < -0.4 is 15.4 Å². The molecule has 0 spiro atoms. The lowest BCUT2D eigenvalue weighted by atomic mass is 10.1. The standard InChI is InChI=1S/C22H21ClN2O4S/c1-13(2)28-16-6-3-14(4-7-16)21(27)25-22(30)24-15-5-9-18(19(23)11-15)20-10-8-17(12-26)29-20/h3-11,13,26H,12H2,1-2H3,(H2,24,25,27,30). The Balaban J connectivity index is 1.61. The molecule has 0 aliphatic rings. The van der Waals surface area contributed by atoms with E-state index < -0.39 is 0 Å². The summed E-state index contributed by atoms with van der Waals surface area (Å²) in [5, 5.41) is 15.3. The number of ether oxygens (including phenoxy) is 1. The Kier molecular flexibility index (Phi) is 7.10. The van der Waals surface area contributed by atoms with Gasteiger partial charge in [0.05, 0.1) is 11.1 Å². The van der Waals surface area contributed by atoms with Gasteiger partial charge in [-0.15, -0.1) is 0 Å². The number of furan rings is 1. The van der Waals surface area contributed by atoms with Crippen LogP contribution in [0.1, 0.15) is 30.0 Å². The average molecular weight is 445 g/mol. The van der Waals surface area contributed by atoms with Crippen molar-refractivity contribution in [2.45, 2.75) is 26.6 Å². The molecule has 3 aromatic rings. The van der Waals surface area contributed by atoms with Crippen LogP contribution in [0.5, 0.6) is 5.75 Å². The maximum atomic E-state index is 12.4. The summed E-state index contributed by atoms with van der Waals surface area (Å²) in [6, 6.07) is 15.4. The maximum Gasteiger partial charge on any atom is 0.257 e. The van der Waals surface area contributed by atoms with Gasteiger partial charge in [-0.05, 0) is 80.7 Å². The van der Waals surface area contributed by atoms with Crippen molar-refractivity contribution < 1.29 is 19.1 Å². The lowest BCUT2D eigenvalue weighted by Gasteiger charge is -2.12. The largest absolute Gasteiger partial charge is 0.491 e. The zero-order valence-electron chi connectivity index (χ0n) is 16.4. The Morgan fingerprint density at radius 2 is 1.90 bits per heavy atom. The molecule has 30 heavy (non-hydrogen) atoms. The van der Waals surface area contributed by atoms with Crippen molar-refractivity contribution in [1.29, 1.82) is 0 Å². The topological polar surface area (TPSA) is 83.7 Å². The fraction of sp³-hybridized carbons (Fsp3) is 0.182. The first kappa shape index (κ1) is 21.8. The molecule has 0 radical (unpaired) electrons. The van der Waals surface area contributed by atoms with Crippen molar-refractivity contribution in [3.05, 3.63) is 70.9 Å². The van der Waals surface area contributed by atoms with Gasteiger partial charge in [0.15, 0.2) is 5.11 Å². The maximum absolute atomic E-state index is 12.4. The second-order valence-corrected chi connectivity index (χ2v) is 7.53. The number of benzene rings is 2. The number of carbonyl (C=O) groups is 1. The van der Waals surface area contributed by atoms with Gasteiger partial charge in [0.1, 0.15) is 23.9 Å². The van der Waals surface area contributed by atoms with Gasteiger partial charge in [0, 0.05) is 16.8 Å². The molecule has 0 saturated carbocycles. The van der Waals surface area contributed by atoms with E-state index in [0.29, 0.717) is 39.1 Å². The summed E-state index contributed by atoms with van der Waals surface area (Å²) in [5.74, 6) is 1.37. The normalized spacial score (nSPS) is 10.7. The number of halogens is 1. The Labute approximate surface area is 184 Å². The second-order valence-electron chi connectivity index (χ2n) is 6.72. The molecule has 3 N–H and O–H groups in total. The van der Waals surface area contributed by atoms with Crippen LogP contribution in [0.3, 0.4) is 0 Å². The predicted molar refractivity (Wildman–Crippen MR) is 121 cm³/mol. The number of carbonyl (C=O) groups excluding carboxylic acids is 1. The third-order valence-corrected chi connectivity index (χ3v) is 4.54. The van der Waals surface area contributed by atoms with Gasteiger partial charge in [0.2, 0.25) is 0 Å². The highest BCUT2D eigenvalue weighted by molar-refractivity contribution is 7.80. The smallest absolute Gasteiger partial charge is 0.257 e. The number of aliphatic hydroxyl groups excluding tert-OH is 1. The first-order valence-corrected chi connectivity index (χ1v) is 10.0. The van der Waals surface area contributed by atoms with Crippen LogP contribution in [0, 0.1) is 0 Å². The van der Waals surface area contributed by atoms with Gasteiger partial charge in [-0.25, -0.2) is 0 Å². The van der Waals surface area contributed by atoms with Gasteiger partial charge in [-0.1, -0.05) is 11.6 Å². The molecule has 1 aromatic heterocycles. The Bertz CT molecular complexity index is 1050. The van der Waals surface area contributed by atoms with E-state index in [9.17, 15) is 4.79 Å². The molecule has 2 aromatic carbocycles. The van der Waals surface area contributed by atoms with E-state index in [1.54, 1.807) is 54.6 Å². The van der Waals surface area contributed by atoms with Crippen LogP contribution in [-0.4, -0.2) is 22.2 Å². The molecule has 0 saturated heterocycles. The van der Waals surface area contributed by atoms with Crippen LogP contribution in [0.4, 0.5) is 5.69 Å². The lowest BCUT2D eigenvalue weighted by molar-refractivity contribution is 0.0977. The Morgan fingerprint density at radius 1 is 1.17 bits per heavy atom. The second kappa shape index (κ2) is 9.75. The quantitative estimate of drug-likeness (QED) is 0.464. The molecule has 0 fully saturated rings. The van der Waals surface area contributed by atoms with E-state index in [-0.39, 0.29) is 23.7 Å². The van der Waals surface area contributed by atoms with Crippen molar-refractivity contribution in [2.75, 3.05) is 5.32 Å². The predicted octanol–water partition coefficient (Wildman–Crippen LogP) is 5.01. The number of hydrogen-bond acceptors (Lipinski definition) is 5. The number of aliphatic hydroxyl groups is 1. The van der Waals surface area contributed by atoms with Gasteiger partial charge in [0.25, 0.3) is 5.91 Å². The van der Waals surface area contributed by atoms with Crippen LogP contribution in [0.25, 0.3) is 11.3 Å². The van der Waals surface area contributed by atoms with E-state index in [4.69, 9.17) is 38.1 Å². The number of rotatable bonds is 6. The van der Waals surface area contributed by atoms with E-state index >= 15 is 0 Å². The lowest BCUT2D eigenvalue weighted by Crippen LogP contribution is -2.34. The SMILES string of the molecule is CC(C)Oc1ccc(C(=O)NC(=S)Nc2ccc(-c3ccc(CO)o3)c(Cl)c2)cc1. The summed E-state index contributed by atoms with van der Waals surface area (Å²) in [6.07, 6.45) is 0.0594. The number of anilines is 1. The summed E-state index contributed by atoms with van der Waals surface area (Å²) in [4.78, 5) is 12.4. The van der Waals surface area contributed by atoms with Crippen molar-refractivity contribution in [2.24, 2.45) is 0 Å². The van der Waals surface area contributed by atoms with E-state index in [0.717, 1.165) is 0 Å². The summed E-state index contributed by atoms with van der Waals surface area (Å²) in [7, 11) is 0. The molecule has 0 bridgehead atoms. The molecule has 8 heteroatoms. The average Bonchev–Trinajstić information content (AvgIpc) is 3.17.